The van der Waals surface area contributed by atoms with Crippen molar-refractivity contribution >= 4 is 17.5 Å². The largest absolute Gasteiger partial charge is 0.321 e. The van der Waals surface area contributed by atoms with E-state index >= 15 is 0 Å². The molecule has 2 heterocycles. The second-order valence-corrected chi connectivity index (χ2v) is 4.21. The number of hydrazine groups is 1. The summed E-state index contributed by atoms with van der Waals surface area (Å²) in [5.74, 6) is 5.58. The van der Waals surface area contributed by atoms with Gasteiger partial charge in [-0.05, 0) is 0 Å². The van der Waals surface area contributed by atoms with Gasteiger partial charge in [-0.1, -0.05) is 13.8 Å². The van der Waals surface area contributed by atoms with E-state index in [1.54, 1.807) is 0 Å². The van der Waals surface area contributed by atoms with Gasteiger partial charge in [0.2, 0.25) is 5.95 Å². The third-order valence-corrected chi connectivity index (χ3v) is 2.40. The summed E-state index contributed by atoms with van der Waals surface area (Å²) < 4.78 is 0. The van der Waals surface area contributed by atoms with Crippen molar-refractivity contribution in [2.45, 2.75) is 19.8 Å². The van der Waals surface area contributed by atoms with Crippen molar-refractivity contribution in [3.63, 3.8) is 0 Å². The summed E-state index contributed by atoms with van der Waals surface area (Å²) in [5, 5.41) is 9.78. The molecule has 0 radical (unpaired) electrons. The van der Waals surface area contributed by atoms with Gasteiger partial charge in [-0.3, -0.25) is 16.0 Å². The van der Waals surface area contributed by atoms with Gasteiger partial charge in [0.05, 0.1) is 24.3 Å². The lowest BCUT2D eigenvalue weighted by atomic mass is 10.2. The number of hydrogen-bond acceptors (Lipinski definition) is 8. The van der Waals surface area contributed by atoms with Crippen LogP contribution in [0.3, 0.4) is 0 Å². The molecule has 0 aliphatic heterocycles. The van der Waals surface area contributed by atoms with Crippen LogP contribution in [0.1, 0.15) is 36.1 Å². The van der Waals surface area contributed by atoms with Crippen LogP contribution in [-0.4, -0.2) is 31.1 Å². The number of carbonyl (C=O) groups excluding carboxylic acids is 1. The first kappa shape index (κ1) is 13.7. The number of nitrogens with one attached hydrogen (secondary N) is 2. The third-order valence-electron chi connectivity index (χ3n) is 2.40. The van der Waals surface area contributed by atoms with E-state index in [9.17, 15) is 4.79 Å². The van der Waals surface area contributed by atoms with Gasteiger partial charge in [-0.2, -0.15) is 5.10 Å². The zero-order chi connectivity index (χ0) is 14.5. The maximum Gasteiger partial charge on any atom is 0.279 e. The van der Waals surface area contributed by atoms with Crippen LogP contribution in [0, 0.1) is 0 Å². The van der Waals surface area contributed by atoms with E-state index in [1.807, 2.05) is 13.8 Å². The minimum atomic E-state index is -0.491. The SMILES string of the molecule is CC(C)c1ncc(NN)c(C(=O)Nc2nccnn2)n1. The summed E-state index contributed by atoms with van der Waals surface area (Å²) >= 11 is 0. The fourth-order valence-corrected chi connectivity index (χ4v) is 1.42. The smallest absolute Gasteiger partial charge is 0.279 e. The van der Waals surface area contributed by atoms with Gasteiger partial charge >= 0.3 is 0 Å². The monoisotopic (exact) mass is 274 g/mol. The molecule has 9 heteroatoms. The summed E-state index contributed by atoms with van der Waals surface area (Å²) in [6.45, 7) is 3.85. The van der Waals surface area contributed by atoms with Crippen LogP contribution in [0.2, 0.25) is 0 Å². The fraction of sp³-hybridized carbons (Fsp3) is 0.273. The van der Waals surface area contributed by atoms with Crippen molar-refractivity contribution in [2.75, 3.05) is 10.7 Å². The van der Waals surface area contributed by atoms with Crippen molar-refractivity contribution in [3.8, 4) is 0 Å². The molecule has 0 aliphatic rings. The van der Waals surface area contributed by atoms with Gasteiger partial charge in [0.1, 0.15) is 5.82 Å². The second kappa shape index (κ2) is 5.97. The number of hydrogen-bond donors (Lipinski definition) is 3. The number of amides is 1. The van der Waals surface area contributed by atoms with E-state index in [4.69, 9.17) is 5.84 Å². The molecule has 4 N–H and O–H groups in total. The summed E-state index contributed by atoms with van der Waals surface area (Å²) in [4.78, 5) is 24.3. The maximum atomic E-state index is 12.2. The zero-order valence-electron chi connectivity index (χ0n) is 11.0. The average molecular weight is 274 g/mol. The maximum absolute atomic E-state index is 12.2. The van der Waals surface area contributed by atoms with E-state index in [-0.39, 0.29) is 17.6 Å². The fourth-order valence-electron chi connectivity index (χ4n) is 1.42. The molecule has 0 spiro atoms. The predicted molar refractivity (Wildman–Crippen MR) is 71.7 cm³/mol. The highest BCUT2D eigenvalue weighted by Crippen LogP contribution is 2.16. The molecule has 0 saturated heterocycles. The van der Waals surface area contributed by atoms with Crippen molar-refractivity contribution in [2.24, 2.45) is 5.84 Å². The van der Waals surface area contributed by atoms with Crippen LogP contribution in [0.25, 0.3) is 0 Å². The van der Waals surface area contributed by atoms with Crippen molar-refractivity contribution < 1.29 is 4.79 Å². The number of aromatic nitrogens is 5. The summed E-state index contributed by atoms with van der Waals surface area (Å²) in [7, 11) is 0. The topological polar surface area (TPSA) is 132 Å². The third kappa shape index (κ3) is 3.01. The molecular weight excluding hydrogens is 260 g/mol. The highest BCUT2D eigenvalue weighted by Gasteiger charge is 2.17. The molecule has 0 unspecified atom stereocenters. The molecule has 9 nitrogen and oxygen atoms in total. The lowest BCUT2D eigenvalue weighted by molar-refractivity contribution is 0.102. The first-order chi connectivity index (χ1) is 9.61. The number of nitrogen functional groups attached to an aromatic ring is 1. The molecule has 104 valence electrons. The van der Waals surface area contributed by atoms with Gasteiger partial charge in [-0.15, -0.1) is 5.10 Å². The van der Waals surface area contributed by atoms with Crippen LogP contribution in [0.5, 0.6) is 0 Å². The van der Waals surface area contributed by atoms with Gasteiger partial charge in [-0.25, -0.2) is 15.0 Å². The lowest BCUT2D eigenvalue weighted by Crippen LogP contribution is -2.21. The van der Waals surface area contributed by atoms with Gasteiger partial charge in [0.15, 0.2) is 5.69 Å². The lowest BCUT2D eigenvalue weighted by Gasteiger charge is -2.10. The van der Waals surface area contributed by atoms with Crippen LogP contribution in [0.15, 0.2) is 18.6 Å². The van der Waals surface area contributed by atoms with E-state index in [1.165, 1.54) is 18.6 Å². The second-order valence-electron chi connectivity index (χ2n) is 4.21. The summed E-state index contributed by atoms with van der Waals surface area (Å²) in [5.41, 5.74) is 2.83. The van der Waals surface area contributed by atoms with E-state index in [0.717, 1.165) is 0 Å². The molecule has 0 atom stereocenters. The zero-order valence-corrected chi connectivity index (χ0v) is 11.0. The van der Waals surface area contributed by atoms with Gasteiger partial charge in [0.25, 0.3) is 5.91 Å². The molecule has 20 heavy (non-hydrogen) atoms. The number of carbonyl (C=O) groups is 1. The molecule has 0 bridgehead atoms. The molecule has 2 rings (SSSR count). The summed E-state index contributed by atoms with van der Waals surface area (Å²) in [6.07, 6.45) is 4.29. The van der Waals surface area contributed by atoms with E-state index in [0.29, 0.717) is 11.5 Å². The van der Waals surface area contributed by atoms with Crippen LogP contribution in [0.4, 0.5) is 11.6 Å². The quantitative estimate of drug-likeness (QED) is 0.536. The van der Waals surface area contributed by atoms with Crippen molar-refractivity contribution in [1.82, 2.24) is 25.1 Å². The van der Waals surface area contributed by atoms with Gasteiger partial charge in [0, 0.05) is 5.92 Å². The Morgan fingerprint density at radius 2 is 2.10 bits per heavy atom. The highest BCUT2D eigenvalue weighted by atomic mass is 16.2. The molecular formula is C11H14N8O. The van der Waals surface area contributed by atoms with Gasteiger partial charge < -0.3 is 5.43 Å². The number of nitrogens with two attached hydrogens (primary N) is 1. The molecule has 2 aromatic heterocycles. The Balaban J connectivity index is 2.30. The number of rotatable bonds is 4. The normalized spacial score (nSPS) is 10.4. The first-order valence-corrected chi connectivity index (χ1v) is 5.90. The Morgan fingerprint density at radius 3 is 2.70 bits per heavy atom. The Morgan fingerprint density at radius 1 is 1.30 bits per heavy atom. The molecule has 0 aromatic carbocycles. The first-order valence-electron chi connectivity index (χ1n) is 5.90. The summed E-state index contributed by atoms with van der Waals surface area (Å²) in [6, 6.07) is 0. The highest BCUT2D eigenvalue weighted by molar-refractivity contribution is 6.05. The van der Waals surface area contributed by atoms with Crippen molar-refractivity contribution in [1.29, 1.82) is 0 Å². The Kier molecular flexibility index (Phi) is 4.11. The minimum absolute atomic E-state index is 0.0861. The molecule has 0 saturated carbocycles. The van der Waals surface area contributed by atoms with Crippen LogP contribution in [-0.2, 0) is 0 Å². The standard InChI is InChI=1S/C11H14N8O/c1-6(2)9-14-5-7(18-12)8(16-9)10(20)17-11-13-3-4-15-19-11/h3-6,18H,12H2,1-2H3,(H,13,17,19,20). The van der Waals surface area contributed by atoms with E-state index < -0.39 is 5.91 Å². The van der Waals surface area contributed by atoms with Crippen molar-refractivity contribution in [3.05, 3.63) is 30.1 Å². The molecule has 1 amide bonds. The van der Waals surface area contributed by atoms with E-state index in [2.05, 4.69) is 35.9 Å². The minimum Gasteiger partial charge on any atom is -0.321 e. The van der Waals surface area contributed by atoms with Crippen LogP contribution < -0.4 is 16.6 Å². The molecule has 0 fully saturated rings. The number of nitrogens with zero attached hydrogens (tertiary/aromatic N) is 5. The average Bonchev–Trinajstić information content (AvgIpc) is 2.47. The predicted octanol–water partition coefficient (Wildman–Crippen LogP) is 0.323. The number of anilines is 2. The van der Waals surface area contributed by atoms with Crippen LogP contribution >= 0.6 is 0 Å². The Bertz CT molecular complexity index is 601. The Hall–Kier alpha value is -2.68. The molecule has 2 aromatic rings. The molecule has 0 aliphatic carbocycles. The Labute approximate surface area is 115 Å².